The molecule has 2 aliphatic carbocycles. The summed E-state index contributed by atoms with van der Waals surface area (Å²) in [4.78, 5) is 0. The first kappa shape index (κ1) is 41.6. The molecule has 0 spiro atoms. The predicted octanol–water partition coefficient (Wildman–Crippen LogP) is 14.5. The molecule has 1 heterocycles. The second-order valence-corrected chi connectivity index (χ2v) is 34.0. The fraction of sp³-hybridized carbons (Fsp3) is 0.226. The summed E-state index contributed by atoms with van der Waals surface area (Å²) in [6, 6.07) is 72.1. The van der Waals surface area contributed by atoms with E-state index in [1.54, 1.807) is 54.9 Å². The molecule has 64 heavy (non-hydrogen) atoms. The van der Waals surface area contributed by atoms with Crippen LogP contribution < -0.4 is 20.7 Å². The van der Waals surface area contributed by atoms with Gasteiger partial charge in [-0.15, -0.1) is 0 Å². The number of hydrogen-bond acceptors (Lipinski definition) is 0. The van der Waals surface area contributed by atoms with Crippen molar-refractivity contribution in [3.8, 4) is 0 Å². The van der Waals surface area contributed by atoms with E-state index in [1.165, 1.54) is 77.0 Å². The zero-order valence-corrected chi connectivity index (χ0v) is 41.6. The van der Waals surface area contributed by atoms with Crippen molar-refractivity contribution in [3.05, 3.63) is 227 Å². The fourth-order valence-corrected chi connectivity index (χ4v) is 37.4. The number of fused-ring (bicyclic) bond motifs is 2. The van der Waals surface area contributed by atoms with Gasteiger partial charge in [0.2, 0.25) is 0 Å². The molecule has 2 atom stereocenters. The Morgan fingerprint density at radius 2 is 0.797 bits per heavy atom. The van der Waals surface area contributed by atoms with E-state index in [0.29, 0.717) is 7.25 Å². The van der Waals surface area contributed by atoms with Crippen molar-refractivity contribution in [1.82, 2.24) is 0 Å². The van der Waals surface area contributed by atoms with Gasteiger partial charge in [-0.25, -0.2) is 0 Å². The maximum atomic E-state index is 2.66. The van der Waals surface area contributed by atoms with Crippen LogP contribution in [0.25, 0.3) is 32.7 Å². The monoisotopic (exact) mass is 922 g/mol. The minimum absolute atomic E-state index is 0.479. The molecule has 0 saturated heterocycles. The first-order valence-corrected chi connectivity index (χ1v) is 32.7. The van der Waals surface area contributed by atoms with Crippen molar-refractivity contribution in [2.75, 3.05) is 0 Å². The molecule has 0 N–H and O–H groups in total. The van der Waals surface area contributed by atoms with Crippen molar-refractivity contribution in [2.45, 2.75) is 81.7 Å². The number of unbranched alkanes of at least 4 members (excludes halogenated alkanes) is 2. The summed E-state index contributed by atoms with van der Waals surface area (Å²) in [5.74, 6) is 0. The van der Waals surface area contributed by atoms with Crippen molar-refractivity contribution in [3.63, 3.8) is 0 Å². The van der Waals surface area contributed by atoms with E-state index < -0.39 is 28.3 Å². The van der Waals surface area contributed by atoms with Gasteiger partial charge in [0.1, 0.15) is 0 Å². The predicted molar refractivity (Wildman–Crippen MR) is 275 cm³/mol. The molecule has 0 aromatic heterocycles. The normalized spacial score (nSPS) is 18.0. The Hall–Kier alpha value is -5.14. The zero-order valence-electron chi connectivity index (χ0n) is 38.1. The summed E-state index contributed by atoms with van der Waals surface area (Å²) < 4.78 is 3.78. The molecule has 11 rings (SSSR count). The van der Waals surface area contributed by atoms with E-state index in [-0.39, 0.29) is 0 Å². The first-order chi connectivity index (χ1) is 31.6. The molecule has 2 unspecified atom stereocenters. The van der Waals surface area contributed by atoms with Gasteiger partial charge in [0.15, 0.2) is 0 Å². The average molecular weight is 924 g/mol. The quantitative estimate of drug-likeness (QED) is 0.107. The fourth-order valence-electron chi connectivity index (χ4n) is 13.6. The number of hydrogen-bond donors (Lipinski definition) is 0. The maximum absolute atomic E-state index is 3.65. The Kier molecular flexibility index (Phi) is 11.0. The molecule has 3 aliphatic rings. The topological polar surface area (TPSA) is 0 Å². The van der Waals surface area contributed by atoms with E-state index >= 15 is 0 Å². The van der Waals surface area contributed by atoms with E-state index in [2.05, 4.69) is 210 Å². The third kappa shape index (κ3) is 6.08. The van der Waals surface area contributed by atoms with E-state index in [1.807, 2.05) is 0 Å². The van der Waals surface area contributed by atoms with Crippen molar-refractivity contribution in [1.29, 1.82) is 0 Å². The molecule has 2 heteroatoms. The molecular weight excluding hydrogens is 864 g/mol. The first-order valence-electron chi connectivity index (χ1n) is 24.4. The van der Waals surface area contributed by atoms with Crippen LogP contribution in [0.4, 0.5) is 0 Å². The summed E-state index contributed by atoms with van der Waals surface area (Å²) in [5.41, 5.74) is 16.0. The van der Waals surface area contributed by atoms with Gasteiger partial charge < -0.3 is 0 Å². The molecular formula is C62H60SiZr. The number of rotatable bonds is 12. The standard InChI is InChI=1S/C54H42Si.2C4H9.Zr/c1-3-37-35-41-23-17-33-49(53(41)51(37)47-31-15-21-39-19-11-13-29-45(39)47)55(43-25-7-5-8-26-43,44-27-9-6-10-28-44)50-34-18-24-42-36-38(4-2)52(54(42)50)48-32-16-22-40-20-12-14-30-46(40)48;2*1-3-4-2;/h5-36H,3-4H2,1-2H3;2*1,3-4H2,2H3;. The van der Waals surface area contributed by atoms with Crippen LogP contribution in [0.5, 0.6) is 0 Å². The summed E-state index contributed by atoms with van der Waals surface area (Å²) in [7, 11) is -3.13. The molecule has 8 bridgehead atoms. The molecule has 0 radical (unpaired) electrons. The van der Waals surface area contributed by atoms with Gasteiger partial charge in [-0.05, 0) is 0 Å². The summed E-state index contributed by atoms with van der Waals surface area (Å²) in [6.07, 6.45) is 7.24. The average Bonchev–Trinajstić information content (AvgIpc) is 3.88. The Morgan fingerprint density at radius 3 is 1.22 bits per heavy atom. The van der Waals surface area contributed by atoms with Gasteiger partial charge in [0.05, 0.1) is 0 Å². The number of benzene rings is 8. The van der Waals surface area contributed by atoms with Crippen molar-refractivity contribution < 1.29 is 20.3 Å². The minimum atomic E-state index is -3.65. The second-order valence-electron chi connectivity index (χ2n) is 18.9. The van der Waals surface area contributed by atoms with Gasteiger partial charge in [-0.1, -0.05) is 0 Å². The molecule has 0 amide bonds. The Morgan fingerprint density at radius 1 is 0.406 bits per heavy atom. The van der Waals surface area contributed by atoms with E-state index in [4.69, 9.17) is 0 Å². The van der Waals surface area contributed by atoms with Crippen LogP contribution in [0, 0.1) is 0 Å². The van der Waals surface area contributed by atoms with Crippen LogP contribution in [0.2, 0.25) is 8.26 Å². The third-order valence-corrected chi connectivity index (χ3v) is 36.0. The van der Waals surface area contributed by atoms with Crippen molar-refractivity contribution >= 4 is 61.5 Å². The Balaban J connectivity index is 1.42. The summed E-state index contributed by atoms with van der Waals surface area (Å²) in [6.45, 7) is 9.95. The molecule has 0 saturated carbocycles. The molecule has 0 nitrogen and oxygen atoms in total. The van der Waals surface area contributed by atoms with E-state index in [0.717, 1.165) is 12.8 Å². The molecule has 0 fully saturated rings. The second kappa shape index (κ2) is 17.0. The van der Waals surface area contributed by atoms with Crippen LogP contribution in [0.1, 0.15) is 107 Å². The van der Waals surface area contributed by atoms with Crippen LogP contribution >= 0.6 is 0 Å². The van der Waals surface area contributed by atoms with Gasteiger partial charge in [0.25, 0.3) is 0 Å². The van der Waals surface area contributed by atoms with Crippen LogP contribution in [0.15, 0.2) is 193 Å². The summed E-state index contributed by atoms with van der Waals surface area (Å²) in [5, 5.41) is 11.5. The zero-order chi connectivity index (χ0) is 43.4. The van der Waals surface area contributed by atoms with E-state index in [9.17, 15) is 0 Å². The van der Waals surface area contributed by atoms with Gasteiger partial charge >= 0.3 is 390 Å². The van der Waals surface area contributed by atoms with Crippen LogP contribution in [-0.4, -0.2) is 8.07 Å². The summed E-state index contributed by atoms with van der Waals surface area (Å²) >= 11 is -3.65. The molecule has 8 aromatic carbocycles. The molecule has 316 valence electrons. The van der Waals surface area contributed by atoms with Crippen LogP contribution in [0.3, 0.4) is 0 Å². The van der Waals surface area contributed by atoms with Gasteiger partial charge in [-0.2, -0.15) is 0 Å². The number of allylic oxidation sites excluding steroid dienone is 2. The van der Waals surface area contributed by atoms with Crippen molar-refractivity contribution in [2.24, 2.45) is 0 Å². The van der Waals surface area contributed by atoms with Gasteiger partial charge in [-0.3, -0.25) is 0 Å². The SMILES string of the molecule is CCC[CH2][Zr]1([CH2]CCC)[CH]2C(CC)=C(c3cccc4ccccc34)c3c2cccc3[Si](c2ccccc2)(c2ccccc2)c2cccc3c2C(c2cccc4ccccc24)=C(CC)[CH]31. The third-order valence-electron chi connectivity index (χ3n) is 15.9. The Bertz CT molecular complexity index is 2890. The molecule has 8 aromatic rings. The molecule has 1 aliphatic heterocycles. The van der Waals surface area contributed by atoms with Gasteiger partial charge in [0, 0.05) is 0 Å². The Labute approximate surface area is 387 Å². The van der Waals surface area contributed by atoms with Crippen LogP contribution in [-0.2, 0) is 20.3 Å².